The Bertz CT molecular complexity index is 1440. The van der Waals surface area contributed by atoms with Gasteiger partial charge in [-0.3, -0.25) is 19.5 Å². The van der Waals surface area contributed by atoms with Crippen LogP contribution in [-0.4, -0.2) is 66.5 Å². The first-order valence-electron chi connectivity index (χ1n) is 11.8. The van der Waals surface area contributed by atoms with Crippen molar-refractivity contribution in [3.05, 3.63) is 54.0 Å². The fourth-order valence-corrected chi connectivity index (χ4v) is 5.93. The lowest BCUT2D eigenvalue weighted by Crippen LogP contribution is -2.43. The average molecular weight is 505 g/mol. The monoisotopic (exact) mass is 504 g/mol. The molecule has 4 aromatic heterocycles. The highest BCUT2D eigenvalue weighted by Crippen LogP contribution is 2.41. The summed E-state index contributed by atoms with van der Waals surface area (Å²) < 4.78 is 1.67. The minimum Gasteiger partial charge on any atom is -0.365 e. The molecule has 1 saturated heterocycles. The molecule has 1 fully saturated rings. The first kappa shape index (κ1) is 24.0. The standard InChI is InChI=1S/C25H28N8O2S/c1-15-18(9-16(12-30-15)23(35)29-6-8-32-7-4-5-25(32,2)3)20-21(17-10-27-14-28-11-17)36-24-19(22(26)34)13-31-33(20)24/h9-14H,4-8H2,1-3H3,(H2,26,34)(H,29,35). The maximum absolute atomic E-state index is 13.1. The number of hydrogen-bond acceptors (Lipinski definition) is 8. The van der Waals surface area contributed by atoms with E-state index in [2.05, 4.69) is 44.1 Å². The summed E-state index contributed by atoms with van der Waals surface area (Å²) in [5, 5.41) is 7.47. The molecule has 0 bridgehead atoms. The molecule has 4 aromatic rings. The highest BCUT2D eigenvalue weighted by atomic mass is 32.1. The summed E-state index contributed by atoms with van der Waals surface area (Å²) in [6.07, 6.45) is 10.2. The number of thiazole rings is 1. The highest BCUT2D eigenvalue weighted by Gasteiger charge is 2.31. The van der Waals surface area contributed by atoms with Crippen molar-refractivity contribution in [2.45, 2.75) is 39.2 Å². The van der Waals surface area contributed by atoms with Crippen molar-refractivity contribution >= 4 is 28.0 Å². The van der Waals surface area contributed by atoms with Crippen LogP contribution in [0.4, 0.5) is 0 Å². The molecule has 3 N–H and O–H groups in total. The number of hydrogen-bond donors (Lipinski definition) is 2. The van der Waals surface area contributed by atoms with Gasteiger partial charge in [0, 0.05) is 54.0 Å². The van der Waals surface area contributed by atoms with E-state index in [9.17, 15) is 9.59 Å². The van der Waals surface area contributed by atoms with Gasteiger partial charge in [0.2, 0.25) is 0 Å². The summed E-state index contributed by atoms with van der Waals surface area (Å²) in [6.45, 7) is 8.77. The van der Waals surface area contributed by atoms with E-state index in [0.717, 1.165) is 34.8 Å². The molecule has 10 nitrogen and oxygen atoms in total. The summed E-state index contributed by atoms with van der Waals surface area (Å²) in [5.41, 5.74) is 9.45. The third-order valence-corrected chi connectivity index (χ3v) is 8.00. The number of pyridine rings is 1. The van der Waals surface area contributed by atoms with Gasteiger partial charge in [-0.15, -0.1) is 11.3 Å². The van der Waals surface area contributed by atoms with Gasteiger partial charge in [0.15, 0.2) is 0 Å². The third-order valence-electron chi connectivity index (χ3n) is 6.78. The van der Waals surface area contributed by atoms with Crippen LogP contribution in [0.15, 0.2) is 37.2 Å². The Kier molecular flexibility index (Phi) is 6.27. The van der Waals surface area contributed by atoms with E-state index < -0.39 is 5.91 Å². The highest BCUT2D eigenvalue weighted by molar-refractivity contribution is 7.21. The number of carbonyl (C=O) groups is 2. The first-order valence-corrected chi connectivity index (χ1v) is 12.6. The number of primary amides is 1. The van der Waals surface area contributed by atoms with Crippen LogP contribution in [0.1, 0.15) is 53.1 Å². The summed E-state index contributed by atoms with van der Waals surface area (Å²) in [7, 11) is 0. The number of rotatable bonds is 7. The van der Waals surface area contributed by atoms with Gasteiger partial charge in [0.1, 0.15) is 11.2 Å². The molecule has 0 atom stereocenters. The van der Waals surface area contributed by atoms with Crippen molar-refractivity contribution in [1.29, 1.82) is 0 Å². The topological polar surface area (TPSA) is 131 Å². The number of amides is 2. The quantitative estimate of drug-likeness (QED) is 0.396. The van der Waals surface area contributed by atoms with E-state index in [1.807, 2.05) is 13.0 Å². The molecule has 0 unspecified atom stereocenters. The molecule has 5 rings (SSSR count). The van der Waals surface area contributed by atoms with Crippen molar-refractivity contribution in [3.63, 3.8) is 0 Å². The molecule has 5 heterocycles. The van der Waals surface area contributed by atoms with Gasteiger partial charge >= 0.3 is 0 Å². The Morgan fingerprint density at radius 2 is 1.97 bits per heavy atom. The summed E-state index contributed by atoms with van der Waals surface area (Å²) in [5.74, 6) is -0.743. The number of nitrogens with zero attached hydrogens (tertiary/aromatic N) is 6. The van der Waals surface area contributed by atoms with Crippen molar-refractivity contribution in [3.8, 4) is 21.7 Å². The SMILES string of the molecule is Cc1ncc(C(=O)NCCN2CCCC2(C)C)cc1-c1c(-c2cncnc2)sc2c(C(N)=O)cnn12. The van der Waals surface area contributed by atoms with Crippen molar-refractivity contribution in [2.75, 3.05) is 19.6 Å². The van der Waals surface area contributed by atoms with E-state index in [1.165, 1.54) is 36.7 Å². The van der Waals surface area contributed by atoms with Crippen LogP contribution in [0.3, 0.4) is 0 Å². The molecule has 0 aromatic carbocycles. The molecule has 0 aliphatic carbocycles. The predicted molar refractivity (Wildman–Crippen MR) is 138 cm³/mol. The number of nitrogens with one attached hydrogen (secondary N) is 1. The zero-order chi connectivity index (χ0) is 25.4. The Morgan fingerprint density at radius 3 is 2.67 bits per heavy atom. The Labute approximate surface area is 212 Å². The Balaban J connectivity index is 1.49. The number of aryl methyl sites for hydroxylation is 1. The van der Waals surface area contributed by atoms with Gasteiger partial charge < -0.3 is 11.1 Å². The van der Waals surface area contributed by atoms with Gasteiger partial charge in [-0.25, -0.2) is 14.5 Å². The van der Waals surface area contributed by atoms with E-state index in [1.54, 1.807) is 23.1 Å². The van der Waals surface area contributed by atoms with Gasteiger partial charge in [0.25, 0.3) is 11.8 Å². The van der Waals surface area contributed by atoms with E-state index in [4.69, 9.17) is 5.73 Å². The summed E-state index contributed by atoms with van der Waals surface area (Å²) in [4.78, 5) is 41.7. The normalized spacial score (nSPS) is 15.4. The first-order chi connectivity index (χ1) is 17.3. The summed E-state index contributed by atoms with van der Waals surface area (Å²) in [6, 6.07) is 1.82. The number of fused-ring (bicyclic) bond motifs is 1. The van der Waals surface area contributed by atoms with Crippen molar-refractivity contribution in [1.82, 2.24) is 34.8 Å². The lowest BCUT2D eigenvalue weighted by atomic mass is 10.0. The fourth-order valence-electron chi connectivity index (χ4n) is 4.73. The van der Waals surface area contributed by atoms with Crippen LogP contribution in [0.5, 0.6) is 0 Å². The van der Waals surface area contributed by atoms with Gasteiger partial charge in [0.05, 0.1) is 27.9 Å². The van der Waals surface area contributed by atoms with E-state index in [0.29, 0.717) is 28.2 Å². The van der Waals surface area contributed by atoms with Gasteiger partial charge in [-0.05, 0) is 46.2 Å². The molecular weight excluding hydrogens is 476 g/mol. The zero-order valence-electron chi connectivity index (χ0n) is 20.5. The van der Waals surface area contributed by atoms with Crippen LogP contribution in [-0.2, 0) is 0 Å². The molecule has 186 valence electrons. The average Bonchev–Trinajstić information content (AvgIpc) is 3.53. The Hall–Kier alpha value is -3.70. The molecular formula is C25H28N8O2S. The summed E-state index contributed by atoms with van der Waals surface area (Å²) >= 11 is 1.37. The maximum Gasteiger partial charge on any atom is 0.253 e. The minimum atomic E-state index is -0.558. The molecule has 1 aliphatic rings. The fraction of sp³-hybridized carbons (Fsp3) is 0.360. The molecule has 1 aliphatic heterocycles. The number of nitrogens with two attached hydrogens (primary N) is 1. The number of likely N-dealkylation sites (tertiary alicyclic amines) is 1. The van der Waals surface area contributed by atoms with E-state index in [-0.39, 0.29) is 11.4 Å². The van der Waals surface area contributed by atoms with Crippen LogP contribution < -0.4 is 11.1 Å². The van der Waals surface area contributed by atoms with Crippen LogP contribution in [0.2, 0.25) is 0 Å². The van der Waals surface area contributed by atoms with Crippen LogP contribution in [0, 0.1) is 6.92 Å². The molecule has 2 amide bonds. The van der Waals surface area contributed by atoms with Crippen LogP contribution in [0.25, 0.3) is 26.5 Å². The smallest absolute Gasteiger partial charge is 0.253 e. The van der Waals surface area contributed by atoms with Crippen molar-refractivity contribution in [2.24, 2.45) is 5.73 Å². The lowest BCUT2D eigenvalue weighted by Gasteiger charge is -2.31. The minimum absolute atomic E-state index is 0.165. The van der Waals surface area contributed by atoms with Crippen molar-refractivity contribution < 1.29 is 9.59 Å². The third kappa shape index (κ3) is 4.35. The number of carbonyl (C=O) groups excluding carboxylic acids is 2. The largest absolute Gasteiger partial charge is 0.365 e. The van der Waals surface area contributed by atoms with Crippen LogP contribution >= 0.6 is 11.3 Å². The van der Waals surface area contributed by atoms with Gasteiger partial charge in [-0.2, -0.15) is 5.10 Å². The maximum atomic E-state index is 13.1. The molecule has 0 saturated carbocycles. The molecule has 36 heavy (non-hydrogen) atoms. The number of aromatic nitrogens is 5. The second-order valence-electron chi connectivity index (χ2n) is 9.56. The second-order valence-corrected chi connectivity index (χ2v) is 10.6. The van der Waals surface area contributed by atoms with E-state index >= 15 is 0 Å². The Morgan fingerprint density at radius 1 is 1.19 bits per heavy atom. The van der Waals surface area contributed by atoms with Gasteiger partial charge in [-0.1, -0.05) is 0 Å². The molecule has 0 radical (unpaired) electrons. The molecule has 0 spiro atoms. The molecule has 11 heteroatoms. The predicted octanol–water partition coefficient (Wildman–Crippen LogP) is 2.93. The zero-order valence-corrected chi connectivity index (χ0v) is 21.3. The lowest BCUT2D eigenvalue weighted by molar-refractivity contribution is 0.0939. The second kappa shape index (κ2) is 9.40.